The van der Waals surface area contributed by atoms with Crippen molar-refractivity contribution < 1.29 is 4.42 Å². The summed E-state index contributed by atoms with van der Waals surface area (Å²) < 4.78 is 6.32. The fraction of sp³-hybridized carbons (Fsp3) is 0. The standard InChI is InChI=1S/C23H15NO/c1-2-4-8-17-9-5-10-18-19-11-6-12-20(23(19)25-22(17)18)21-15-16(7-3-1)13-14-24-21/h1-15H/b2-1-,7-3+,8-4+. The Labute approximate surface area is 145 Å². The first-order chi connectivity index (χ1) is 12.4. The Morgan fingerprint density at radius 3 is 2.44 bits per heavy atom. The lowest BCUT2D eigenvalue weighted by molar-refractivity contribution is 0.669. The highest BCUT2D eigenvalue weighted by Gasteiger charge is 2.14. The molecule has 0 saturated carbocycles. The number of allylic oxidation sites excluding steroid dienone is 4. The number of hydrogen-bond acceptors (Lipinski definition) is 2. The smallest absolute Gasteiger partial charge is 0.144 e. The number of nitrogens with zero attached hydrogens (tertiary/aromatic N) is 1. The van der Waals surface area contributed by atoms with E-state index in [1.165, 1.54) is 0 Å². The van der Waals surface area contributed by atoms with E-state index in [2.05, 4.69) is 59.6 Å². The van der Waals surface area contributed by atoms with Gasteiger partial charge >= 0.3 is 0 Å². The minimum atomic E-state index is 0.889. The second-order valence-electron chi connectivity index (χ2n) is 6.09. The van der Waals surface area contributed by atoms with E-state index in [4.69, 9.17) is 4.42 Å². The van der Waals surface area contributed by atoms with Gasteiger partial charge in [0.15, 0.2) is 0 Å². The van der Waals surface area contributed by atoms with Crippen LogP contribution < -0.4 is 0 Å². The number of furan rings is 1. The molecule has 0 unspecified atom stereocenters. The third-order valence-corrected chi connectivity index (χ3v) is 4.51. The fourth-order valence-electron chi connectivity index (χ4n) is 3.33. The quantitative estimate of drug-likeness (QED) is 0.383. The molecule has 25 heavy (non-hydrogen) atoms. The summed E-state index contributed by atoms with van der Waals surface area (Å²) in [5.41, 5.74) is 5.94. The lowest BCUT2D eigenvalue weighted by Crippen LogP contribution is -1.85. The predicted molar refractivity (Wildman–Crippen MR) is 104 cm³/mol. The second-order valence-corrected chi connectivity index (χ2v) is 6.09. The second kappa shape index (κ2) is 5.60. The Hall–Kier alpha value is -3.39. The van der Waals surface area contributed by atoms with Crippen molar-refractivity contribution >= 4 is 34.1 Å². The lowest BCUT2D eigenvalue weighted by Gasteiger charge is -2.03. The zero-order chi connectivity index (χ0) is 16.6. The Kier molecular flexibility index (Phi) is 3.14. The van der Waals surface area contributed by atoms with Crippen molar-refractivity contribution in [2.75, 3.05) is 0 Å². The molecule has 0 saturated heterocycles. The van der Waals surface area contributed by atoms with Crippen molar-refractivity contribution in [1.29, 1.82) is 0 Å². The Balaban J connectivity index is 1.93. The zero-order valence-electron chi connectivity index (χ0n) is 13.5. The molecule has 0 aliphatic carbocycles. The minimum Gasteiger partial charge on any atom is -0.455 e. The van der Waals surface area contributed by atoms with E-state index >= 15 is 0 Å². The number of benzene rings is 2. The van der Waals surface area contributed by atoms with Crippen LogP contribution in [0.1, 0.15) is 11.1 Å². The molecular formula is C23H15NO. The van der Waals surface area contributed by atoms with Gasteiger partial charge < -0.3 is 4.42 Å². The molecule has 0 radical (unpaired) electrons. The van der Waals surface area contributed by atoms with Crippen LogP contribution in [0.4, 0.5) is 0 Å². The molecule has 2 heteroatoms. The van der Waals surface area contributed by atoms with E-state index < -0.39 is 0 Å². The van der Waals surface area contributed by atoms with Gasteiger partial charge in [-0.1, -0.05) is 66.8 Å². The van der Waals surface area contributed by atoms with Crippen LogP contribution in [-0.4, -0.2) is 4.98 Å². The Morgan fingerprint density at radius 1 is 0.720 bits per heavy atom. The zero-order valence-corrected chi connectivity index (χ0v) is 13.5. The van der Waals surface area contributed by atoms with Crippen LogP contribution in [0.15, 0.2) is 83.4 Å². The Morgan fingerprint density at radius 2 is 1.52 bits per heavy atom. The first kappa shape index (κ1) is 14.0. The maximum Gasteiger partial charge on any atom is 0.144 e. The maximum absolute atomic E-state index is 6.32. The molecule has 4 aromatic rings. The van der Waals surface area contributed by atoms with Crippen LogP contribution in [0, 0.1) is 0 Å². The van der Waals surface area contributed by atoms with Crippen LogP contribution in [-0.2, 0) is 0 Å². The SMILES string of the molecule is C1=C\C=C\c2cccc3c2oc2c(cccc23)-c2cc(ccn2)/C=C/1. The summed E-state index contributed by atoms with van der Waals surface area (Å²) in [4.78, 5) is 4.57. The number of fused-ring (bicyclic) bond motifs is 4. The molecule has 5 rings (SSSR count). The molecule has 0 N–H and O–H groups in total. The summed E-state index contributed by atoms with van der Waals surface area (Å²) in [6, 6.07) is 16.6. The molecule has 2 aromatic heterocycles. The van der Waals surface area contributed by atoms with Gasteiger partial charge in [-0.3, -0.25) is 4.98 Å². The van der Waals surface area contributed by atoms with Gasteiger partial charge in [-0.05, 0) is 23.8 Å². The number of pyridine rings is 1. The summed E-state index contributed by atoms with van der Waals surface area (Å²) in [6.45, 7) is 0. The van der Waals surface area contributed by atoms with Crippen molar-refractivity contribution in [2.24, 2.45) is 0 Å². The van der Waals surface area contributed by atoms with Gasteiger partial charge in [-0.25, -0.2) is 0 Å². The van der Waals surface area contributed by atoms with Crippen LogP contribution in [0.3, 0.4) is 0 Å². The molecule has 0 fully saturated rings. The van der Waals surface area contributed by atoms with Crippen molar-refractivity contribution in [2.45, 2.75) is 0 Å². The summed E-state index contributed by atoms with van der Waals surface area (Å²) in [5.74, 6) is 0. The maximum atomic E-state index is 6.32. The first-order valence-electron chi connectivity index (χ1n) is 8.32. The number of para-hydroxylation sites is 2. The molecule has 2 nitrogen and oxygen atoms in total. The third kappa shape index (κ3) is 2.31. The van der Waals surface area contributed by atoms with E-state index in [1.807, 2.05) is 36.6 Å². The number of aromatic nitrogens is 1. The van der Waals surface area contributed by atoms with Gasteiger partial charge in [0, 0.05) is 28.1 Å². The van der Waals surface area contributed by atoms with Gasteiger partial charge in [-0.15, -0.1) is 0 Å². The molecule has 0 spiro atoms. The molecule has 118 valence electrons. The topological polar surface area (TPSA) is 26.0 Å². The van der Waals surface area contributed by atoms with E-state index in [-0.39, 0.29) is 0 Å². The largest absolute Gasteiger partial charge is 0.455 e. The van der Waals surface area contributed by atoms with Crippen molar-refractivity contribution in [3.05, 3.63) is 90.2 Å². The number of rotatable bonds is 0. The molecule has 0 atom stereocenters. The minimum absolute atomic E-state index is 0.889. The highest BCUT2D eigenvalue weighted by atomic mass is 16.3. The van der Waals surface area contributed by atoms with Crippen molar-refractivity contribution in [3.8, 4) is 11.3 Å². The molecule has 0 amide bonds. The molecule has 2 aromatic carbocycles. The highest BCUT2D eigenvalue weighted by molar-refractivity contribution is 6.11. The van der Waals surface area contributed by atoms with Crippen LogP contribution in [0.5, 0.6) is 0 Å². The number of hydrogen-bond donors (Lipinski definition) is 0. The third-order valence-electron chi connectivity index (χ3n) is 4.51. The molecule has 3 heterocycles. The van der Waals surface area contributed by atoms with Gasteiger partial charge in [0.25, 0.3) is 0 Å². The first-order valence-corrected chi connectivity index (χ1v) is 8.32. The highest BCUT2D eigenvalue weighted by Crippen LogP contribution is 2.36. The van der Waals surface area contributed by atoms with E-state index in [0.717, 1.165) is 44.3 Å². The van der Waals surface area contributed by atoms with Crippen LogP contribution in [0.25, 0.3) is 45.3 Å². The average Bonchev–Trinajstić information content (AvgIpc) is 3.04. The Bertz CT molecular complexity index is 1190. The normalized spacial score (nSPS) is 17.0. The van der Waals surface area contributed by atoms with Crippen molar-refractivity contribution in [1.82, 2.24) is 4.98 Å². The summed E-state index contributed by atoms with van der Waals surface area (Å²) >= 11 is 0. The summed E-state index contributed by atoms with van der Waals surface area (Å²) in [6.07, 6.45) is 14.1. The van der Waals surface area contributed by atoms with Gasteiger partial charge in [0.05, 0.1) is 5.69 Å². The van der Waals surface area contributed by atoms with Gasteiger partial charge in [-0.2, -0.15) is 0 Å². The van der Waals surface area contributed by atoms with Crippen molar-refractivity contribution in [3.63, 3.8) is 0 Å². The van der Waals surface area contributed by atoms with E-state index in [9.17, 15) is 0 Å². The summed E-state index contributed by atoms with van der Waals surface area (Å²) in [7, 11) is 0. The van der Waals surface area contributed by atoms with E-state index in [0.29, 0.717) is 0 Å². The van der Waals surface area contributed by atoms with Gasteiger partial charge in [0.1, 0.15) is 11.2 Å². The lowest BCUT2D eigenvalue weighted by atomic mass is 10.0. The predicted octanol–water partition coefficient (Wildman–Crippen LogP) is 6.24. The monoisotopic (exact) mass is 321 g/mol. The molecular weight excluding hydrogens is 306 g/mol. The summed E-state index contributed by atoms with van der Waals surface area (Å²) in [5, 5.41) is 2.25. The molecule has 1 aliphatic rings. The van der Waals surface area contributed by atoms with Gasteiger partial charge in [0.2, 0.25) is 0 Å². The molecule has 1 aliphatic heterocycles. The van der Waals surface area contributed by atoms with Crippen LogP contribution in [0.2, 0.25) is 0 Å². The van der Waals surface area contributed by atoms with E-state index in [1.54, 1.807) is 0 Å². The molecule has 4 bridgehead atoms. The fourth-order valence-corrected chi connectivity index (χ4v) is 3.33. The average molecular weight is 321 g/mol. The van der Waals surface area contributed by atoms with Crippen LogP contribution >= 0.6 is 0 Å².